The molecule has 1 aliphatic rings. The summed E-state index contributed by atoms with van der Waals surface area (Å²) in [7, 11) is 4.17. The summed E-state index contributed by atoms with van der Waals surface area (Å²) in [6, 6.07) is 0. The summed E-state index contributed by atoms with van der Waals surface area (Å²) in [6.07, 6.45) is 1.74. The van der Waals surface area contributed by atoms with Gasteiger partial charge >= 0.3 is 0 Å². The van der Waals surface area contributed by atoms with Crippen molar-refractivity contribution in [1.29, 1.82) is 0 Å². The lowest BCUT2D eigenvalue weighted by molar-refractivity contribution is -0.0535. The van der Waals surface area contributed by atoms with Gasteiger partial charge in [0.05, 0.1) is 18.8 Å². The van der Waals surface area contributed by atoms with Crippen molar-refractivity contribution < 1.29 is 9.47 Å². The third kappa shape index (κ3) is 3.88. The van der Waals surface area contributed by atoms with Gasteiger partial charge in [0, 0.05) is 6.61 Å². The van der Waals surface area contributed by atoms with Gasteiger partial charge in [-0.25, -0.2) is 0 Å². The summed E-state index contributed by atoms with van der Waals surface area (Å²) in [5.41, 5.74) is 0.703. The largest absolute Gasteiger partial charge is 0.376 e. The van der Waals surface area contributed by atoms with Crippen LogP contribution in [0.5, 0.6) is 0 Å². The number of hydrogen-bond acceptors (Lipinski definition) is 2. The summed E-state index contributed by atoms with van der Waals surface area (Å²) >= 11 is 0. The molecule has 14 heavy (non-hydrogen) atoms. The maximum atomic E-state index is 5.76. The van der Waals surface area contributed by atoms with Crippen LogP contribution in [0.15, 0.2) is 0 Å². The normalized spacial score (nSPS) is 33.4. The monoisotopic (exact) mass is 216 g/mol. The molecule has 2 nitrogen and oxygen atoms in total. The van der Waals surface area contributed by atoms with E-state index in [1.165, 1.54) is 7.28 Å². The van der Waals surface area contributed by atoms with Crippen molar-refractivity contribution in [3.05, 3.63) is 0 Å². The second-order valence-corrected chi connectivity index (χ2v) is 5.26. The smallest absolute Gasteiger partial charge is 0.124 e. The Morgan fingerprint density at radius 2 is 2.29 bits per heavy atom. The fraction of sp³-hybridized carbons (Fsp3) is 1.00. The molecule has 1 fully saturated rings. The van der Waals surface area contributed by atoms with Crippen LogP contribution in [0.1, 0.15) is 20.3 Å². The van der Waals surface area contributed by atoms with Crippen molar-refractivity contribution in [3.63, 3.8) is 0 Å². The minimum atomic E-state index is 0.308. The molecule has 1 rings (SSSR count). The molecule has 0 radical (unpaired) electrons. The van der Waals surface area contributed by atoms with E-state index in [-0.39, 0.29) is 0 Å². The Bertz CT molecular complexity index is 166. The average molecular weight is 216 g/mol. The fourth-order valence-electron chi connectivity index (χ4n) is 1.78. The van der Waals surface area contributed by atoms with E-state index < -0.39 is 0 Å². The molecule has 0 bridgehead atoms. The molecule has 0 aromatic rings. The number of ether oxygens (including phenoxy) is 2. The van der Waals surface area contributed by atoms with Gasteiger partial charge in [-0.1, -0.05) is 6.82 Å². The van der Waals surface area contributed by atoms with Crippen LogP contribution in [-0.4, -0.2) is 38.4 Å². The molecule has 4 heteroatoms. The molecule has 0 N–H and O–H groups in total. The van der Waals surface area contributed by atoms with E-state index in [1.807, 2.05) is 0 Å². The molecular weight excluding hydrogens is 194 g/mol. The van der Waals surface area contributed by atoms with E-state index in [9.17, 15) is 0 Å². The summed E-state index contributed by atoms with van der Waals surface area (Å²) in [5.74, 6) is 0.718. The van der Waals surface area contributed by atoms with Gasteiger partial charge in [0.2, 0.25) is 0 Å². The first-order valence-corrected chi connectivity index (χ1v) is 6.29. The summed E-state index contributed by atoms with van der Waals surface area (Å²) in [6.45, 7) is 8.01. The first-order valence-electron chi connectivity index (χ1n) is 5.62. The van der Waals surface area contributed by atoms with Crippen molar-refractivity contribution in [2.24, 2.45) is 0 Å². The predicted molar refractivity (Wildman–Crippen MR) is 65.7 cm³/mol. The van der Waals surface area contributed by atoms with E-state index >= 15 is 0 Å². The minimum Gasteiger partial charge on any atom is -0.376 e. The minimum absolute atomic E-state index is 0.308. The summed E-state index contributed by atoms with van der Waals surface area (Å²) in [4.78, 5) is 0. The molecule has 0 aliphatic carbocycles. The van der Waals surface area contributed by atoms with Crippen LogP contribution < -0.4 is 0 Å². The zero-order valence-electron chi connectivity index (χ0n) is 9.53. The van der Waals surface area contributed by atoms with Gasteiger partial charge in [-0.2, -0.15) is 0 Å². The Kier molecular flexibility index (Phi) is 5.44. The molecule has 1 aliphatic heterocycles. The molecule has 0 aromatic heterocycles. The highest BCUT2D eigenvalue weighted by Gasteiger charge is 2.27. The van der Waals surface area contributed by atoms with Gasteiger partial charge in [0.1, 0.15) is 7.28 Å². The molecule has 0 aromatic carbocycles. The van der Waals surface area contributed by atoms with Crippen LogP contribution in [-0.2, 0) is 9.47 Å². The lowest BCUT2D eigenvalue weighted by Gasteiger charge is -2.33. The number of hydrogen-bond donors (Lipinski definition) is 0. The van der Waals surface area contributed by atoms with Crippen LogP contribution in [0.2, 0.25) is 12.6 Å². The van der Waals surface area contributed by atoms with Crippen molar-refractivity contribution in [2.45, 2.75) is 50.8 Å². The Morgan fingerprint density at radius 1 is 1.57 bits per heavy atom. The van der Waals surface area contributed by atoms with Crippen LogP contribution in [0.25, 0.3) is 0 Å². The van der Waals surface area contributed by atoms with Crippen molar-refractivity contribution >= 4 is 16.5 Å². The molecular formula is C10H22BO2P. The number of rotatable bonds is 4. The standard InChI is InChI=1S/C10H22BO2P/c1-7(2)12-5-8-4-10(14)9(11-3)6-13-8/h7-11H,4-6,14H2,1-3H3/t8?,9?,10-/m1/s1. The van der Waals surface area contributed by atoms with Gasteiger partial charge < -0.3 is 9.47 Å². The Hall–Kier alpha value is 0.415. The Morgan fingerprint density at radius 3 is 2.79 bits per heavy atom. The summed E-state index contributed by atoms with van der Waals surface area (Å²) < 4.78 is 11.3. The van der Waals surface area contributed by atoms with E-state index in [0.717, 1.165) is 25.5 Å². The maximum absolute atomic E-state index is 5.76. The van der Waals surface area contributed by atoms with Crippen LogP contribution in [0, 0.1) is 0 Å². The molecule has 0 amide bonds. The third-order valence-corrected chi connectivity index (χ3v) is 3.64. The lowest BCUT2D eigenvalue weighted by atomic mass is 9.64. The average Bonchev–Trinajstić information content (AvgIpc) is 2.15. The third-order valence-electron chi connectivity index (χ3n) is 2.83. The van der Waals surface area contributed by atoms with E-state index in [1.54, 1.807) is 0 Å². The Labute approximate surface area is 90.6 Å². The maximum Gasteiger partial charge on any atom is 0.124 e. The summed E-state index contributed by atoms with van der Waals surface area (Å²) in [5, 5.41) is 0. The van der Waals surface area contributed by atoms with Crippen LogP contribution in [0.4, 0.5) is 0 Å². The first kappa shape index (κ1) is 12.5. The highest BCUT2D eigenvalue weighted by atomic mass is 31.0. The van der Waals surface area contributed by atoms with Crippen molar-refractivity contribution in [3.8, 4) is 0 Å². The molecule has 1 heterocycles. The molecule has 0 spiro atoms. The highest BCUT2D eigenvalue weighted by Crippen LogP contribution is 2.29. The van der Waals surface area contributed by atoms with Crippen molar-refractivity contribution in [2.75, 3.05) is 13.2 Å². The molecule has 4 atom stereocenters. The van der Waals surface area contributed by atoms with E-state index in [4.69, 9.17) is 9.47 Å². The SMILES string of the molecule is CBC1COC(COC(C)C)C[C@H]1P. The van der Waals surface area contributed by atoms with Gasteiger partial charge in [-0.05, 0) is 31.7 Å². The topological polar surface area (TPSA) is 18.5 Å². The van der Waals surface area contributed by atoms with Crippen LogP contribution >= 0.6 is 9.24 Å². The Balaban J connectivity index is 2.24. The highest BCUT2D eigenvalue weighted by molar-refractivity contribution is 7.18. The first-order chi connectivity index (χ1) is 6.63. The lowest BCUT2D eigenvalue weighted by Crippen LogP contribution is -2.35. The van der Waals surface area contributed by atoms with Crippen LogP contribution in [0.3, 0.4) is 0 Å². The zero-order valence-corrected chi connectivity index (χ0v) is 10.7. The zero-order chi connectivity index (χ0) is 10.6. The molecule has 0 saturated carbocycles. The quantitative estimate of drug-likeness (QED) is 0.526. The van der Waals surface area contributed by atoms with E-state index in [0.29, 0.717) is 17.9 Å². The molecule has 3 unspecified atom stereocenters. The van der Waals surface area contributed by atoms with E-state index in [2.05, 4.69) is 29.9 Å². The molecule has 1 saturated heterocycles. The molecule has 82 valence electrons. The van der Waals surface area contributed by atoms with Crippen molar-refractivity contribution in [1.82, 2.24) is 0 Å². The second kappa shape index (κ2) is 6.10. The van der Waals surface area contributed by atoms with Gasteiger partial charge in [-0.3, -0.25) is 0 Å². The van der Waals surface area contributed by atoms with Gasteiger partial charge in [0.25, 0.3) is 0 Å². The van der Waals surface area contributed by atoms with Gasteiger partial charge in [0.15, 0.2) is 0 Å². The van der Waals surface area contributed by atoms with Gasteiger partial charge in [-0.15, -0.1) is 9.24 Å². The fourth-order valence-corrected chi connectivity index (χ4v) is 2.47. The second-order valence-electron chi connectivity index (χ2n) is 4.41. The predicted octanol–water partition coefficient (Wildman–Crippen LogP) is 1.72.